The highest BCUT2D eigenvalue weighted by Gasteiger charge is 2.67. The molecule has 0 saturated heterocycles. The summed E-state index contributed by atoms with van der Waals surface area (Å²) in [5.41, 5.74) is 4.68. The van der Waals surface area contributed by atoms with Crippen LogP contribution < -0.4 is 0 Å². The van der Waals surface area contributed by atoms with Crippen molar-refractivity contribution in [2.24, 2.45) is 44.8 Å². The molecule has 0 aromatic heterocycles. The molecular weight excluding hydrogens is 364 g/mol. The first-order valence-electron chi connectivity index (χ1n) is 12.8. The molecule has 1 heteroatoms. The van der Waals surface area contributed by atoms with E-state index >= 15 is 0 Å². The van der Waals surface area contributed by atoms with Crippen molar-refractivity contribution in [2.45, 2.75) is 106 Å². The van der Waals surface area contributed by atoms with Gasteiger partial charge < -0.3 is 0 Å². The van der Waals surface area contributed by atoms with E-state index in [2.05, 4.69) is 60.6 Å². The predicted molar refractivity (Wildman–Crippen MR) is 125 cm³/mol. The van der Waals surface area contributed by atoms with E-state index in [1.165, 1.54) is 44.9 Å². The lowest BCUT2D eigenvalue weighted by molar-refractivity contribution is -0.201. The zero-order valence-corrected chi connectivity index (χ0v) is 20.7. The van der Waals surface area contributed by atoms with E-state index in [4.69, 9.17) is 0 Å². The molecule has 30 heavy (non-hydrogen) atoms. The van der Waals surface area contributed by atoms with Crippen molar-refractivity contribution in [3.05, 3.63) is 23.3 Å². The molecule has 3 saturated carbocycles. The van der Waals surface area contributed by atoms with Crippen LogP contribution in [0.1, 0.15) is 106 Å². The molecule has 0 aromatic carbocycles. The third-order valence-electron chi connectivity index (χ3n) is 11.7. The van der Waals surface area contributed by atoms with Gasteiger partial charge in [0, 0.05) is 11.8 Å². The number of fused-ring (bicyclic) bond motifs is 7. The summed E-state index contributed by atoms with van der Waals surface area (Å²) in [7, 11) is 0. The van der Waals surface area contributed by atoms with E-state index in [1.54, 1.807) is 11.1 Å². The fourth-order valence-electron chi connectivity index (χ4n) is 9.67. The number of rotatable bonds is 0. The number of hydrogen-bond donors (Lipinski definition) is 0. The van der Waals surface area contributed by atoms with E-state index < -0.39 is 0 Å². The number of Topliss-reactive ketones (excluding diaryl/α,β-unsaturated/α-hetero) is 1. The molecule has 0 bridgehead atoms. The fraction of sp³-hybridized carbons (Fsp3) is 0.828. The van der Waals surface area contributed by atoms with Gasteiger partial charge in [-0.1, -0.05) is 60.6 Å². The maximum atomic E-state index is 12.8. The molecule has 0 amide bonds. The minimum absolute atomic E-state index is 0.137. The number of carbonyl (C=O) groups excluding carboxylic acids is 1. The van der Waals surface area contributed by atoms with Crippen LogP contribution >= 0.6 is 0 Å². The van der Waals surface area contributed by atoms with Gasteiger partial charge in [0.15, 0.2) is 0 Å². The van der Waals surface area contributed by atoms with Gasteiger partial charge in [0.1, 0.15) is 5.78 Å². The molecule has 0 N–H and O–H groups in total. The lowest BCUT2D eigenvalue weighted by Crippen LogP contribution is -2.64. The van der Waals surface area contributed by atoms with Gasteiger partial charge in [0.05, 0.1) is 0 Å². The molecule has 0 aromatic rings. The van der Waals surface area contributed by atoms with Crippen molar-refractivity contribution in [3.8, 4) is 0 Å². The van der Waals surface area contributed by atoms with Crippen molar-refractivity contribution in [3.63, 3.8) is 0 Å². The van der Waals surface area contributed by atoms with E-state index in [1.807, 2.05) is 0 Å². The molecule has 5 aliphatic carbocycles. The maximum absolute atomic E-state index is 12.8. The molecule has 3 fully saturated rings. The fourth-order valence-corrected chi connectivity index (χ4v) is 9.67. The van der Waals surface area contributed by atoms with Crippen molar-refractivity contribution >= 4 is 5.78 Å². The standard InChI is InChI=1S/C29H44O/c1-25(2)14-10-19-11-16-28(6)21(20(19)18-25)8-9-23-27(5)15-13-24(30)26(3,4)22(27)12-17-29(23,28)7/h11,18,21-23H,8-10,12-17H2,1-7H3/t21-,22+,23-,27+,28-,29-/m1/s1. The van der Waals surface area contributed by atoms with Crippen LogP contribution in [-0.4, -0.2) is 5.78 Å². The zero-order chi connectivity index (χ0) is 21.7. The highest BCUT2D eigenvalue weighted by atomic mass is 16.1. The summed E-state index contributed by atoms with van der Waals surface area (Å²) >= 11 is 0. The summed E-state index contributed by atoms with van der Waals surface area (Å²) in [6, 6.07) is 0. The highest BCUT2D eigenvalue weighted by molar-refractivity contribution is 5.85. The summed E-state index contributed by atoms with van der Waals surface area (Å²) in [6.07, 6.45) is 16.3. The van der Waals surface area contributed by atoms with Crippen molar-refractivity contribution < 1.29 is 4.79 Å². The van der Waals surface area contributed by atoms with Crippen molar-refractivity contribution in [1.29, 1.82) is 0 Å². The summed E-state index contributed by atoms with van der Waals surface area (Å²) in [5, 5.41) is 0. The Morgan fingerprint density at radius 1 is 0.800 bits per heavy atom. The molecule has 0 radical (unpaired) electrons. The topological polar surface area (TPSA) is 17.1 Å². The van der Waals surface area contributed by atoms with Gasteiger partial charge in [-0.3, -0.25) is 4.79 Å². The Bertz CT molecular complexity index is 840. The van der Waals surface area contributed by atoms with Crippen LogP contribution in [0.4, 0.5) is 0 Å². The summed E-state index contributed by atoms with van der Waals surface area (Å²) in [4.78, 5) is 12.8. The first kappa shape index (κ1) is 21.0. The maximum Gasteiger partial charge on any atom is 0.138 e. The Balaban J connectivity index is 1.57. The Labute approximate surface area is 185 Å². The van der Waals surface area contributed by atoms with Crippen LogP contribution in [0.2, 0.25) is 0 Å². The molecule has 5 rings (SSSR count). The van der Waals surface area contributed by atoms with Gasteiger partial charge in [-0.15, -0.1) is 0 Å². The highest BCUT2D eigenvalue weighted by Crippen LogP contribution is 2.74. The molecule has 5 aliphatic rings. The average molecular weight is 409 g/mol. The molecule has 0 aliphatic heterocycles. The molecule has 166 valence electrons. The first-order chi connectivity index (χ1) is 13.9. The van der Waals surface area contributed by atoms with Crippen molar-refractivity contribution in [1.82, 2.24) is 0 Å². The average Bonchev–Trinajstić information content (AvgIpc) is 2.65. The number of hydrogen-bond acceptors (Lipinski definition) is 1. The van der Waals surface area contributed by atoms with Gasteiger partial charge in [-0.2, -0.15) is 0 Å². The van der Waals surface area contributed by atoms with Crippen LogP contribution in [0.15, 0.2) is 23.3 Å². The second-order valence-electron chi connectivity index (χ2n) is 13.8. The first-order valence-corrected chi connectivity index (χ1v) is 12.8. The van der Waals surface area contributed by atoms with Crippen LogP contribution in [0, 0.1) is 44.8 Å². The number of allylic oxidation sites excluding steroid dienone is 4. The predicted octanol–water partition coefficient (Wildman–Crippen LogP) is 7.91. The van der Waals surface area contributed by atoms with E-state index in [9.17, 15) is 4.79 Å². The third kappa shape index (κ3) is 2.50. The number of carbonyl (C=O) groups is 1. The van der Waals surface area contributed by atoms with Gasteiger partial charge >= 0.3 is 0 Å². The van der Waals surface area contributed by atoms with Crippen LogP contribution in [0.25, 0.3) is 0 Å². The second kappa shape index (κ2) is 6.14. The lowest BCUT2D eigenvalue weighted by atomic mass is 9.34. The Morgan fingerprint density at radius 2 is 1.53 bits per heavy atom. The Hall–Kier alpha value is -0.850. The Kier molecular flexibility index (Phi) is 4.30. The summed E-state index contributed by atoms with van der Waals surface area (Å²) in [6.45, 7) is 17.3. The molecule has 0 heterocycles. The number of ketones is 1. The minimum atomic E-state index is -0.137. The lowest BCUT2D eigenvalue weighted by Gasteiger charge is -2.70. The molecular formula is C29H44O. The second-order valence-corrected chi connectivity index (χ2v) is 13.8. The molecule has 6 atom stereocenters. The van der Waals surface area contributed by atoms with Crippen LogP contribution in [0.3, 0.4) is 0 Å². The molecule has 0 unspecified atom stereocenters. The normalized spacial score (nSPS) is 49.0. The van der Waals surface area contributed by atoms with E-state index in [0.717, 1.165) is 24.7 Å². The van der Waals surface area contributed by atoms with Crippen molar-refractivity contribution in [2.75, 3.05) is 0 Å². The molecule has 0 spiro atoms. The zero-order valence-electron chi connectivity index (χ0n) is 20.7. The Morgan fingerprint density at radius 3 is 2.27 bits per heavy atom. The third-order valence-corrected chi connectivity index (χ3v) is 11.7. The summed E-state index contributed by atoms with van der Waals surface area (Å²) < 4.78 is 0. The minimum Gasteiger partial charge on any atom is -0.299 e. The van der Waals surface area contributed by atoms with Crippen LogP contribution in [-0.2, 0) is 4.79 Å². The van der Waals surface area contributed by atoms with E-state index in [0.29, 0.717) is 33.4 Å². The largest absolute Gasteiger partial charge is 0.299 e. The van der Waals surface area contributed by atoms with Gasteiger partial charge in [-0.25, -0.2) is 0 Å². The van der Waals surface area contributed by atoms with Gasteiger partial charge in [0.2, 0.25) is 0 Å². The van der Waals surface area contributed by atoms with Gasteiger partial charge in [0.25, 0.3) is 0 Å². The smallest absolute Gasteiger partial charge is 0.138 e. The monoisotopic (exact) mass is 408 g/mol. The molecule has 1 nitrogen and oxygen atoms in total. The van der Waals surface area contributed by atoms with Gasteiger partial charge in [-0.05, 0) is 102 Å². The quantitative estimate of drug-likeness (QED) is 0.398. The summed E-state index contributed by atoms with van der Waals surface area (Å²) in [5.74, 6) is 2.57. The van der Waals surface area contributed by atoms with Crippen LogP contribution in [0.5, 0.6) is 0 Å². The SMILES string of the molecule is CC1(C)C=C2C(=CC[C@]3(C)[C@@H]2CC[C@@H]2[C@@]4(C)CCC(=O)C(C)(C)[C@@H]4CC[C@]23C)CC1. The van der Waals surface area contributed by atoms with E-state index in [-0.39, 0.29) is 5.41 Å².